The van der Waals surface area contributed by atoms with Gasteiger partial charge in [0.2, 0.25) is 10.0 Å². The number of hydrogen-bond acceptors (Lipinski definition) is 3. The van der Waals surface area contributed by atoms with Gasteiger partial charge in [-0.25, -0.2) is 13.1 Å². The zero-order valence-corrected chi connectivity index (χ0v) is 14.6. The summed E-state index contributed by atoms with van der Waals surface area (Å²) in [5, 5.41) is 0. The maximum atomic E-state index is 12.9. The molecular weight excluding hydrogens is 336 g/mol. The van der Waals surface area contributed by atoms with Crippen molar-refractivity contribution in [1.82, 2.24) is 4.72 Å². The Morgan fingerprint density at radius 2 is 1.88 bits per heavy atom. The average molecular weight is 356 g/mol. The lowest BCUT2D eigenvalue weighted by molar-refractivity contribution is 0.0989. The molecule has 2 aromatic carbocycles. The molecule has 1 N–H and O–H groups in total. The molecule has 0 aromatic heterocycles. The van der Waals surface area contributed by atoms with Crippen molar-refractivity contribution in [1.29, 1.82) is 0 Å². The van der Waals surface area contributed by atoms with Crippen LogP contribution in [0.1, 0.15) is 23.2 Å². The molecule has 0 aliphatic heterocycles. The predicted molar refractivity (Wildman–Crippen MR) is 98.1 cm³/mol. The van der Waals surface area contributed by atoms with Gasteiger partial charge in [-0.2, -0.15) is 0 Å². The topological polar surface area (TPSA) is 66.5 Å². The van der Waals surface area contributed by atoms with Gasteiger partial charge in [0.05, 0.1) is 4.90 Å². The first kappa shape index (κ1) is 17.4. The van der Waals surface area contributed by atoms with Crippen LogP contribution in [-0.4, -0.2) is 26.9 Å². The van der Waals surface area contributed by atoms with E-state index in [0.717, 1.165) is 18.5 Å². The zero-order valence-electron chi connectivity index (χ0n) is 13.8. The molecule has 0 bridgehead atoms. The Morgan fingerprint density at radius 1 is 1.16 bits per heavy atom. The lowest BCUT2D eigenvalue weighted by Crippen LogP contribution is -2.31. The minimum Gasteiger partial charge on any atom is -0.305 e. The predicted octanol–water partition coefficient (Wildman–Crippen LogP) is 2.96. The maximum Gasteiger partial charge on any atom is 0.258 e. The van der Waals surface area contributed by atoms with E-state index in [1.807, 2.05) is 30.3 Å². The van der Waals surface area contributed by atoms with E-state index in [0.29, 0.717) is 12.1 Å². The van der Waals surface area contributed by atoms with Crippen LogP contribution in [0.5, 0.6) is 0 Å². The van der Waals surface area contributed by atoms with Crippen LogP contribution in [0.3, 0.4) is 0 Å². The summed E-state index contributed by atoms with van der Waals surface area (Å²) < 4.78 is 27.4. The third kappa shape index (κ3) is 4.15. The maximum absolute atomic E-state index is 12.9. The van der Waals surface area contributed by atoms with Gasteiger partial charge in [0.15, 0.2) is 0 Å². The highest BCUT2D eigenvalue weighted by atomic mass is 32.2. The fourth-order valence-electron chi connectivity index (χ4n) is 2.48. The minimum atomic E-state index is -3.60. The third-order valence-corrected chi connectivity index (χ3v) is 5.43. The molecule has 1 fully saturated rings. The molecule has 0 heterocycles. The largest absolute Gasteiger partial charge is 0.305 e. The summed E-state index contributed by atoms with van der Waals surface area (Å²) in [5.74, 6) is -0.269. The van der Waals surface area contributed by atoms with Crippen molar-refractivity contribution in [2.24, 2.45) is 0 Å². The highest BCUT2D eigenvalue weighted by Crippen LogP contribution is 2.23. The molecule has 0 spiro atoms. The van der Waals surface area contributed by atoms with E-state index >= 15 is 0 Å². The number of amides is 1. The van der Waals surface area contributed by atoms with Gasteiger partial charge in [-0.1, -0.05) is 30.3 Å². The molecule has 0 atom stereocenters. The van der Waals surface area contributed by atoms with Gasteiger partial charge in [0.1, 0.15) is 0 Å². The average Bonchev–Trinajstić information content (AvgIpc) is 3.43. The van der Waals surface area contributed by atoms with Gasteiger partial charge >= 0.3 is 0 Å². The van der Waals surface area contributed by atoms with Crippen molar-refractivity contribution >= 4 is 21.6 Å². The van der Waals surface area contributed by atoms with Gasteiger partial charge in [0, 0.05) is 23.8 Å². The molecule has 25 heavy (non-hydrogen) atoms. The quantitative estimate of drug-likeness (QED) is 0.776. The molecule has 5 nitrogen and oxygen atoms in total. The number of nitrogens with zero attached hydrogens (tertiary/aromatic N) is 1. The second-order valence-electron chi connectivity index (χ2n) is 5.96. The molecular formula is C19H20N2O3S. The van der Waals surface area contributed by atoms with Gasteiger partial charge in [-0.05, 0) is 43.2 Å². The second kappa shape index (κ2) is 7.21. The first-order chi connectivity index (χ1) is 12.0. The van der Waals surface area contributed by atoms with Crippen LogP contribution < -0.4 is 9.62 Å². The summed E-state index contributed by atoms with van der Waals surface area (Å²) in [6.45, 7) is 4.03. The summed E-state index contributed by atoms with van der Waals surface area (Å²) in [6, 6.07) is 15.4. The molecule has 0 saturated heterocycles. The van der Waals surface area contributed by atoms with E-state index in [1.165, 1.54) is 12.1 Å². The number of sulfonamides is 1. The number of hydrogen-bond donors (Lipinski definition) is 1. The first-order valence-corrected chi connectivity index (χ1v) is 9.60. The fourth-order valence-corrected chi connectivity index (χ4v) is 3.83. The Hall–Kier alpha value is -2.44. The van der Waals surface area contributed by atoms with Crippen LogP contribution in [0.2, 0.25) is 0 Å². The van der Waals surface area contributed by atoms with Crippen molar-refractivity contribution in [3.05, 3.63) is 72.8 Å². The Balaban J connectivity index is 1.90. The van der Waals surface area contributed by atoms with E-state index in [4.69, 9.17) is 0 Å². The Labute approximate surface area is 148 Å². The van der Waals surface area contributed by atoms with Crippen molar-refractivity contribution in [3.63, 3.8) is 0 Å². The zero-order chi connectivity index (χ0) is 17.9. The van der Waals surface area contributed by atoms with Crippen LogP contribution in [0.15, 0.2) is 72.1 Å². The normalized spacial score (nSPS) is 14.1. The fraction of sp³-hybridized carbons (Fsp3) is 0.211. The molecule has 1 saturated carbocycles. The summed E-state index contributed by atoms with van der Waals surface area (Å²) in [7, 11) is -3.60. The summed E-state index contributed by atoms with van der Waals surface area (Å²) in [4.78, 5) is 14.6. The first-order valence-electron chi connectivity index (χ1n) is 8.11. The molecule has 1 aliphatic carbocycles. The van der Waals surface area contributed by atoms with E-state index in [9.17, 15) is 13.2 Å². The Morgan fingerprint density at radius 3 is 2.52 bits per heavy atom. The number of carbonyl (C=O) groups excluding carboxylic acids is 1. The van der Waals surface area contributed by atoms with Gasteiger partial charge < -0.3 is 4.90 Å². The molecule has 3 rings (SSSR count). The minimum absolute atomic E-state index is 0.0194. The molecule has 0 radical (unpaired) electrons. The molecule has 1 amide bonds. The van der Waals surface area contributed by atoms with Gasteiger partial charge in [-0.15, -0.1) is 6.58 Å². The summed E-state index contributed by atoms with van der Waals surface area (Å²) in [6.07, 6.45) is 3.36. The third-order valence-electron chi connectivity index (χ3n) is 3.92. The van der Waals surface area contributed by atoms with Crippen LogP contribution >= 0.6 is 0 Å². The van der Waals surface area contributed by atoms with E-state index in [1.54, 1.807) is 23.1 Å². The number of para-hydroxylation sites is 1. The standard InChI is InChI=1S/C19H20N2O3S/c1-2-13-21(17-8-4-3-5-9-17)19(22)15-7-6-10-18(14-15)25(23,24)20-16-11-12-16/h2-10,14,16,20H,1,11-13H2. The summed E-state index contributed by atoms with van der Waals surface area (Å²) in [5.41, 5.74) is 1.06. The lowest BCUT2D eigenvalue weighted by atomic mass is 10.1. The van der Waals surface area contributed by atoms with Gasteiger partial charge in [0.25, 0.3) is 5.91 Å². The molecule has 2 aromatic rings. The lowest BCUT2D eigenvalue weighted by Gasteiger charge is -2.21. The molecule has 130 valence electrons. The van der Waals surface area contributed by atoms with E-state index in [2.05, 4.69) is 11.3 Å². The second-order valence-corrected chi connectivity index (χ2v) is 7.68. The van der Waals surface area contributed by atoms with Crippen LogP contribution in [-0.2, 0) is 10.0 Å². The number of rotatable bonds is 7. The smallest absolute Gasteiger partial charge is 0.258 e. The Kier molecular flexibility index (Phi) is 5.01. The SMILES string of the molecule is C=CCN(C(=O)c1cccc(S(=O)(=O)NC2CC2)c1)c1ccccc1. The number of carbonyl (C=O) groups is 1. The number of benzene rings is 2. The monoisotopic (exact) mass is 356 g/mol. The van der Waals surface area contributed by atoms with Crippen molar-refractivity contribution in [2.75, 3.05) is 11.4 Å². The Bertz CT molecular complexity index is 875. The van der Waals surface area contributed by atoms with Crippen molar-refractivity contribution in [3.8, 4) is 0 Å². The number of nitrogens with one attached hydrogen (secondary N) is 1. The molecule has 1 aliphatic rings. The van der Waals surface area contributed by atoms with Crippen LogP contribution in [0, 0.1) is 0 Å². The van der Waals surface area contributed by atoms with E-state index < -0.39 is 10.0 Å². The molecule has 6 heteroatoms. The van der Waals surface area contributed by atoms with E-state index in [-0.39, 0.29) is 16.8 Å². The van der Waals surface area contributed by atoms with Crippen LogP contribution in [0.25, 0.3) is 0 Å². The van der Waals surface area contributed by atoms with Gasteiger partial charge in [-0.3, -0.25) is 4.79 Å². The molecule has 0 unspecified atom stereocenters. The van der Waals surface area contributed by atoms with Crippen molar-refractivity contribution in [2.45, 2.75) is 23.8 Å². The van der Waals surface area contributed by atoms with Crippen LogP contribution in [0.4, 0.5) is 5.69 Å². The highest BCUT2D eigenvalue weighted by molar-refractivity contribution is 7.89. The summed E-state index contributed by atoms with van der Waals surface area (Å²) >= 11 is 0. The van der Waals surface area contributed by atoms with Crippen molar-refractivity contribution < 1.29 is 13.2 Å². The number of anilines is 1. The highest BCUT2D eigenvalue weighted by Gasteiger charge is 2.28.